The summed E-state index contributed by atoms with van der Waals surface area (Å²) in [5, 5.41) is 6.86. The first-order valence-corrected chi connectivity index (χ1v) is 8.11. The number of aromatic nitrogens is 2. The van der Waals surface area contributed by atoms with Gasteiger partial charge in [0.15, 0.2) is 0 Å². The highest BCUT2D eigenvalue weighted by molar-refractivity contribution is 5.59. The molecule has 2 atom stereocenters. The summed E-state index contributed by atoms with van der Waals surface area (Å²) >= 11 is 0. The van der Waals surface area contributed by atoms with E-state index >= 15 is 0 Å². The highest BCUT2D eigenvalue weighted by Crippen LogP contribution is 2.29. The van der Waals surface area contributed by atoms with Crippen molar-refractivity contribution in [3.05, 3.63) is 11.9 Å². The zero-order valence-corrected chi connectivity index (χ0v) is 13.6. The van der Waals surface area contributed by atoms with Crippen molar-refractivity contribution in [2.75, 3.05) is 30.3 Å². The van der Waals surface area contributed by atoms with Crippen LogP contribution in [0.15, 0.2) is 6.33 Å². The summed E-state index contributed by atoms with van der Waals surface area (Å²) in [6, 6.07) is 0. The molecule has 1 aliphatic heterocycles. The van der Waals surface area contributed by atoms with Gasteiger partial charge < -0.3 is 15.4 Å². The third kappa shape index (κ3) is 3.84. The molecule has 1 aliphatic rings. The lowest BCUT2D eigenvalue weighted by molar-refractivity contribution is 0.0900. The van der Waals surface area contributed by atoms with Crippen molar-refractivity contribution in [1.82, 2.24) is 9.97 Å². The van der Waals surface area contributed by atoms with Gasteiger partial charge >= 0.3 is 0 Å². The molecule has 1 fully saturated rings. The SMILES string of the molecule is CCNc1ncnc(NCC2CCOC2CC)c1C(C)C. The van der Waals surface area contributed by atoms with E-state index in [0.29, 0.717) is 17.9 Å². The Balaban J connectivity index is 2.10. The van der Waals surface area contributed by atoms with E-state index in [2.05, 4.69) is 48.3 Å². The monoisotopic (exact) mass is 292 g/mol. The summed E-state index contributed by atoms with van der Waals surface area (Å²) in [7, 11) is 0. The largest absolute Gasteiger partial charge is 0.378 e. The van der Waals surface area contributed by atoms with Gasteiger partial charge in [-0.05, 0) is 25.7 Å². The predicted molar refractivity (Wildman–Crippen MR) is 86.9 cm³/mol. The maximum atomic E-state index is 5.76. The van der Waals surface area contributed by atoms with Crippen LogP contribution in [0.4, 0.5) is 11.6 Å². The molecule has 0 aliphatic carbocycles. The molecule has 0 bridgehead atoms. The lowest BCUT2D eigenvalue weighted by atomic mass is 9.99. The van der Waals surface area contributed by atoms with Crippen molar-refractivity contribution in [2.24, 2.45) is 5.92 Å². The van der Waals surface area contributed by atoms with Crippen molar-refractivity contribution in [3.63, 3.8) is 0 Å². The second-order valence-electron chi connectivity index (χ2n) is 5.92. The first kappa shape index (κ1) is 16.0. The number of nitrogens with one attached hydrogen (secondary N) is 2. The third-order valence-electron chi connectivity index (χ3n) is 4.09. The molecule has 1 aromatic heterocycles. The van der Waals surface area contributed by atoms with Crippen LogP contribution in [-0.4, -0.2) is 35.8 Å². The van der Waals surface area contributed by atoms with Crippen LogP contribution in [0.1, 0.15) is 52.0 Å². The Kier molecular flexibility index (Phi) is 5.79. The van der Waals surface area contributed by atoms with Crippen molar-refractivity contribution in [1.29, 1.82) is 0 Å². The van der Waals surface area contributed by atoms with Gasteiger partial charge in [-0.3, -0.25) is 0 Å². The molecule has 0 aromatic carbocycles. The van der Waals surface area contributed by atoms with Crippen LogP contribution in [0, 0.1) is 5.92 Å². The summed E-state index contributed by atoms with van der Waals surface area (Å²) in [6.45, 7) is 11.3. The molecule has 5 heteroatoms. The average Bonchev–Trinajstić information content (AvgIpc) is 2.92. The summed E-state index contributed by atoms with van der Waals surface area (Å²) < 4.78 is 5.76. The summed E-state index contributed by atoms with van der Waals surface area (Å²) in [5.41, 5.74) is 1.17. The van der Waals surface area contributed by atoms with Gasteiger partial charge in [0.25, 0.3) is 0 Å². The zero-order valence-electron chi connectivity index (χ0n) is 13.6. The van der Waals surface area contributed by atoms with Crippen molar-refractivity contribution >= 4 is 11.6 Å². The molecule has 0 amide bonds. The van der Waals surface area contributed by atoms with Crippen molar-refractivity contribution in [3.8, 4) is 0 Å². The Hall–Kier alpha value is -1.36. The first-order valence-electron chi connectivity index (χ1n) is 8.11. The van der Waals surface area contributed by atoms with Gasteiger partial charge in [0.05, 0.1) is 6.10 Å². The molecule has 0 spiro atoms. The topological polar surface area (TPSA) is 59.1 Å². The zero-order chi connectivity index (χ0) is 15.2. The Morgan fingerprint density at radius 2 is 1.95 bits per heavy atom. The molecule has 1 saturated heterocycles. The van der Waals surface area contributed by atoms with Crippen LogP contribution in [0.2, 0.25) is 0 Å². The minimum atomic E-state index is 0.379. The second kappa shape index (κ2) is 7.59. The quantitative estimate of drug-likeness (QED) is 0.808. The molecule has 2 unspecified atom stereocenters. The highest BCUT2D eigenvalue weighted by atomic mass is 16.5. The molecule has 1 aromatic rings. The maximum absolute atomic E-state index is 5.76. The second-order valence-corrected chi connectivity index (χ2v) is 5.92. The molecule has 2 N–H and O–H groups in total. The molecule has 118 valence electrons. The molecule has 0 radical (unpaired) electrons. The smallest absolute Gasteiger partial charge is 0.134 e. The summed E-state index contributed by atoms with van der Waals surface area (Å²) in [5.74, 6) is 2.86. The average molecular weight is 292 g/mol. The third-order valence-corrected chi connectivity index (χ3v) is 4.09. The van der Waals surface area contributed by atoms with Crippen LogP contribution >= 0.6 is 0 Å². The standard InChI is InChI=1S/C16H28N4O/c1-5-13-12(7-8-21-13)9-18-16-14(11(3)4)15(17-6-2)19-10-20-16/h10-13H,5-9H2,1-4H3,(H2,17,18,19,20). The molecule has 21 heavy (non-hydrogen) atoms. The van der Waals surface area contributed by atoms with Gasteiger partial charge in [-0.1, -0.05) is 20.8 Å². The molecule has 2 heterocycles. The Morgan fingerprint density at radius 1 is 1.24 bits per heavy atom. The first-order chi connectivity index (χ1) is 10.2. The van der Waals surface area contributed by atoms with E-state index in [4.69, 9.17) is 4.74 Å². The fourth-order valence-corrected chi connectivity index (χ4v) is 3.00. The maximum Gasteiger partial charge on any atom is 0.134 e. The van der Waals surface area contributed by atoms with Crippen LogP contribution in [0.3, 0.4) is 0 Å². The fourth-order valence-electron chi connectivity index (χ4n) is 3.00. The lowest BCUT2D eigenvalue weighted by Gasteiger charge is -2.21. The lowest BCUT2D eigenvalue weighted by Crippen LogP contribution is -2.24. The van der Waals surface area contributed by atoms with Crippen LogP contribution in [0.5, 0.6) is 0 Å². The van der Waals surface area contributed by atoms with E-state index in [1.165, 1.54) is 5.56 Å². The number of anilines is 2. The molecule has 2 rings (SSSR count). The van der Waals surface area contributed by atoms with Gasteiger partial charge in [0, 0.05) is 31.2 Å². The van der Waals surface area contributed by atoms with Crippen molar-refractivity contribution in [2.45, 2.75) is 52.6 Å². The highest BCUT2D eigenvalue weighted by Gasteiger charge is 2.27. The van der Waals surface area contributed by atoms with Gasteiger partial charge in [-0.25, -0.2) is 9.97 Å². The van der Waals surface area contributed by atoms with E-state index in [1.54, 1.807) is 6.33 Å². The van der Waals surface area contributed by atoms with E-state index < -0.39 is 0 Å². The predicted octanol–water partition coefficient (Wildman–Crippen LogP) is 3.26. The van der Waals surface area contributed by atoms with E-state index in [9.17, 15) is 0 Å². The minimum Gasteiger partial charge on any atom is -0.378 e. The van der Waals surface area contributed by atoms with Gasteiger partial charge in [-0.15, -0.1) is 0 Å². The van der Waals surface area contributed by atoms with E-state index in [0.717, 1.165) is 44.2 Å². The summed E-state index contributed by atoms with van der Waals surface area (Å²) in [6.07, 6.45) is 4.23. The van der Waals surface area contributed by atoms with Gasteiger partial charge in [0.1, 0.15) is 18.0 Å². The van der Waals surface area contributed by atoms with Crippen molar-refractivity contribution < 1.29 is 4.74 Å². The molecule has 5 nitrogen and oxygen atoms in total. The number of hydrogen-bond donors (Lipinski definition) is 2. The van der Waals surface area contributed by atoms with Crippen LogP contribution in [-0.2, 0) is 4.74 Å². The number of hydrogen-bond acceptors (Lipinski definition) is 5. The minimum absolute atomic E-state index is 0.379. The van der Waals surface area contributed by atoms with Gasteiger partial charge in [-0.2, -0.15) is 0 Å². The number of ether oxygens (including phenoxy) is 1. The normalized spacial score (nSPS) is 21.8. The fraction of sp³-hybridized carbons (Fsp3) is 0.750. The molecule has 0 saturated carbocycles. The van der Waals surface area contributed by atoms with Crippen LogP contribution < -0.4 is 10.6 Å². The van der Waals surface area contributed by atoms with E-state index in [1.807, 2.05) is 0 Å². The molecular formula is C16H28N4O. The number of rotatable bonds is 7. The van der Waals surface area contributed by atoms with Gasteiger partial charge in [0.2, 0.25) is 0 Å². The molecular weight excluding hydrogens is 264 g/mol. The number of nitrogens with zero attached hydrogens (tertiary/aromatic N) is 2. The van der Waals surface area contributed by atoms with E-state index in [-0.39, 0.29) is 0 Å². The Bertz CT molecular complexity index is 450. The van der Waals surface area contributed by atoms with Crippen LogP contribution in [0.25, 0.3) is 0 Å². The summed E-state index contributed by atoms with van der Waals surface area (Å²) in [4.78, 5) is 8.83. The Morgan fingerprint density at radius 3 is 2.57 bits per heavy atom. The Labute approximate surface area is 127 Å².